The number of aromatic nitrogens is 2. The molecule has 0 atom stereocenters. The van der Waals surface area contributed by atoms with Gasteiger partial charge in [-0.3, -0.25) is 10.2 Å². The molecule has 1 amide bonds. The van der Waals surface area contributed by atoms with E-state index in [4.69, 9.17) is 28.3 Å². The molecule has 2 aromatic carbocycles. The summed E-state index contributed by atoms with van der Waals surface area (Å²) in [5.41, 5.74) is 7.61. The molecule has 5 rings (SSSR count). The SMILES string of the molecule is O=C(NN1CCCC1)c1nn(-c2ccc(Cl)cc2Cl)c2c1CSCC2=Cc1ccc(F)cc1. The third-order valence-electron chi connectivity index (χ3n) is 5.72. The van der Waals surface area contributed by atoms with Gasteiger partial charge >= 0.3 is 0 Å². The molecule has 2 aliphatic rings. The highest BCUT2D eigenvalue weighted by Gasteiger charge is 2.30. The standard InChI is InChI=1S/C24H21Cl2FN4OS/c25-17-5-8-21(20(26)12-17)31-23-16(11-15-3-6-18(27)7-4-15)13-33-14-19(23)22(28-31)24(32)29-30-9-1-2-10-30/h3-8,11-12H,1-2,9-10,13-14H2,(H,29,32). The normalized spacial score (nSPS) is 17.4. The van der Waals surface area contributed by atoms with Crippen LogP contribution in [-0.2, 0) is 5.75 Å². The van der Waals surface area contributed by atoms with Gasteiger partial charge in [0.15, 0.2) is 5.69 Å². The molecule has 1 N–H and O–H groups in total. The van der Waals surface area contributed by atoms with Crippen LogP contribution in [0, 0.1) is 5.82 Å². The summed E-state index contributed by atoms with van der Waals surface area (Å²) in [5.74, 6) is 0.883. The summed E-state index contributed by atoms with van der Waals surface area (Å²) in [6, 6.07) is 11.6. The van der Waals surface area contributed by atoms with E-state index in [1.54, 1.807) is 46.8 Å². The van der Waals surface area contributed by atoms with Crippen LogP contribution in [0.2, 0.25) is 10.0 Å². The van der Waals surface area contributed by atoms with Gasteiger partial charge in [-0.15, -0.1) is 0 Å². The predicted octanol–water partition coefficient (Wildman–Crippen LogP) is 5.85. The van der Waals surface area contributed by atoms with Gasteiger partial charge in [0, 0.05) is 35.2 Å². The lowest BCUT2D eigenvalue weighted by molar-refractivity contribution is 0.0819. The van der Waals surface area contributed by atoms with Crippen LogP contribution in [0.15, 0.2) is 42.5 Å². The lowest BCUT2D eigenvalue weighted by Gasteiger charge is -2.19. The number of nitrogens with zero attached hydrogens (tertiary/aromatic N) is 3. The Morgan fingerprint density at radius 2 is 1.85 bits per heavy atom. The van der Waals surface area contributed by atoms with Gasteiger partial charge in [-0.25, -0.2) is 14.1 Å². The lowest BCUT2D eigenvalue weighted by Crippen LogP contribution is -2.40. The lowest BCUT2D eigenvalue weighted by atomic mass is 10.0. The van der Waals surface area contributed by atoms with Crippen molar-refractivity contribution in [2.75, 3.05) is 18.8 Å². The summed E-state index contributed by atoms with van der Waals surface area (Å²) in [6.45, 7) is 1.67. The summed E-state index contributed by atoms with van der Waals surface area (Å²) in [5, 5.41) is 7.64. The maximum atomic E-state index is 13.4. The summed E-state index contributed by atoms with van der Waals surface area (Å²) >= 11 is 14.4. The van der Waals surface area contributed by atoms with Crippen molar-refractivity contribution < 1.29 is 9.18 Å². The minimum absolute atomic E-state index is 0.222. The van der Waals surface area contributed by atoms with Crippen molar-refractivity contribution in [3.8, 4) is 5.69 Å². The summed E-state index contributed by atoms with van der Waals surface area (Å²) < 4.78 is 15.2. The highest BCUT2D eigenvalue weighted by Crippen LogP contribution is 2.38. The van der Waals surface area contributed by atoms with Crippen molar-refractivity contribution >= 4 is 52.5 Å². The van der Waals surface area contributed by atoms with Crippen LogP contribution in [0.25, 0.3) is 17.3 Å². The van der Waals surface area contributed by atoms with Crippen LogP contribution in [-0.4, -0.2) is 39.5 Å². The first-order chi connectivity index (χ1) is 16.0. The van der Waals surface area contributed by atoms with Crippen molar-refractivity contribution in [3.05, 3.63) is 80.8 Å². The van der Waals surface area contributed by atoms with Crippen molar-refractivity contribution in [2.45, 2.75) is 18.6 Å². The van der Waals surface area contributed by atoms with E-state index in [-0.39, 0.29) is 11.7 Å². The molecule has 33 heavy (non-hydrogen) atoms. The molecule has 1 aromatic heterocycles. The number of carbonyl (C=O) groups is 1. The maximum Gasteiger partial charge on any atom is 0.286 e. The number of hydrazine groups is 1. The van der Waals surface area contributed by atoms with Crippen LogP contribution in [0.4, 0.5) is 4.39 Å². The van der Waals surface area contributed by atoms with E-state index < -0.39 is 0 Å². The summed E-state index contributed by atoms with van der Waals surface area (Å²) in [4.78, 5) is 13.2. The molecule has 5 nitrogen and oxygen atoms in total. The number of rotatable bonds is 4. The highest BCUT2D eigenvalue weighted by molar-refractivity contribution is 7.99. The van der Waals surface area contributed by atoms with Crippen molar-refractivity contribution in [1.29, 1.82) is 0 Å². The Labute approximate surface area is 205 Å². The van der Waals surface area contributed by atoms with Crippen molar-refractivity contribution in [1.82, 2.24) is 20.2 Å². The largest absolute Gasteiger partial charge is 0.286 e. The zero-order chi connectivity index (χ0) is 22.9. The molecule has 3 aromatic rings. The molecule has 170 valence electrons. The summed E-state index contributed by atoms with van der Waals surface area (Å²) in [7, 11) is 0. The van der Waals surface area contributed by atoms with Gasteiger partial charge in [-0.1, -0.05) is 35.3 Å². The van der Waals surface area contributed by atoms with Gasteiger partial charge in [-0.05, 0) is 60.4 Å². The first kappa shape index (κ1) is 22.5. The van der Waals surface area contributed by atoms with E-state index in [2.05, 4.69) is 5.43 Å². The van der Waals surface area contributed by atoms with Crippen LogP contribution < -0.4 is 5.43 Å². The Morgan fingerprint density at radius 3 is 2.58 bits per heavy atom. The highest BCUT2D eigenvalue weighted by atomic mass is 35.5. The number of amides is 1. The minimum atomic E-state index is -0.283. The molecule has 0 spiro atoms. The van der Waals surface area contributed by atoms with E-state index in [9.17, 15) is 9.18 Å². The third-order valence-corrected chi connectivity index (χ3v) is 7.27. The number of hydrogen-bond acceptors (Lipinski definition) is 4. The molecule has 2 aliphatic heterocycles. The van der Waals surface area contributed by atoms with Gasteiger partial charge in [-0.2, -0.15) is 16.9 Å². The smallest absolute Gasteiger partial charge is 0.283 e. The van der Waals surface area contributed by atoms with Crippen LogP contribution >= 0.6 is 35.0 Å². The average molecular weight is 503 g/mol. The summed E-state index contributed by atoms with van der Waals surface area (Å²) in [6.07, 6.45) is 4.13. The fourth-order valence-corrected chi connectivity index (χ4v) is 5.66. The van der Waals surface area contributed by atoms with E-state index in [1.807, 2.05) is 11.1 Å². The molecule has 0 unspecified atom stereocenters. The number of hydrogen-bond donors (Lipinski definition) is 1. The van der Waals surface area contributed by atoms with Gasteiger partial charge in [0.05, 0.1) is 16.4 Å². The zero-order valence-corrected chi connectivity index (χ0v) is 20.0. The number of benzene rings is 2. The number of carbonyl (C=O) groups excluding carboxylic acids is 1. The second kappa shape index (κ2) is 9.50. The number of nitrogens with one attached hydrogen (secondary N) is 1. The molecular weight excluding hydrogens is 482 g/mol. The maximum absolute atomic E-state index is 13.4. The molecule has 1 fully saturated rings. The monoisotopic (exact) mass is 502 g/mol. The minimum Gasteiger partial charge on any atom is -0.283 e. The van der Waals surface area contributed by atoms with Crippen LogP contribution in [0.3, 0.4) is 0 Å². The molecular formula is C24H21Cl2FN4OS. The molecule has 0 aliphatic carbocycles. The fourth-order valence-electron chi connectivity index (χ4n) is 4.15. The van der Waals surface area contributed by atoms with Crippen molar-refractivity contribution in [2.24, 2.45) is 0 Å². The van der Waals surface area contributed by atoms with E-state index in [0.717, 1.165) is 54.1 Å². The van der Waals surface area contributed by atoms with Gasteiger partial charge in [0.2, 0.25) is 0 Å². The number of thioether (sulfide) groups is 1. The fraction of sp³-hybridized carbons (Fsp3) is 0.250. The first-order valence-corrected chi connectivity index (χ1v) is 12.6. The molecule has 0 radical (unpaired) electrons. The Kier molecular flexibility index (Phi) is 6.47. The Morgan fingerprint density at radius 1 is 1.09 bits per heavy atom. The van der Waals surface area contributed by atoms with Gasteiger partial charge in [0.25, 0.3) is 5.91 Å². The Hall–Kier alpha value is -2.32. The molecule has 0 saturated carbocycles. The molecule has 1 saturated heterocycles. The van der Waals surface area contributed by atoms with E-state index in [1.165, 1.54) is 12.1 Å². The quantitative estimate of drug-likeness (QED) is 0.486. The zero-order valence-electron chi connectivity index (χ0n) is 17.7. The predicted molar refractivity (Wildman–Crippen MR) is 132 cm³/mol. The molecule has 9 heteroatoms. The van der Waals surface area contributed by atoms with E-state index >= 15 is 0 Å². The van der Waals surface area contributed by atoms with Crippen molar-refractivity contribution in [3.63, 3.8) is 0 Å². The number of fused-ring (bicyclic) bond motifs is 1. The van der Waals surface area contributed by atoms with Gasteiger partial charge < -0.3 is 0 Å². The van der Waals surface area contributed by atoms with Crippen LogP contribution in [0.5, 0.6) is 0 Å². The average Bonchev–Trinajstić information content (AvgIpc) is 3.44. The second-order valence-corrected chi connectivity index (χ2v) is 9.86. The van der Waals surface area contributed by atoms with E-state index in [0.29, 0.717) is 27.2 Å². The molecule has 3 heterocycles. The van der Waals surface area contributed by atoms with Crippen LogP contribution in [0.1, 0.15) is 40.2 Å². The topological polar surface area (TPSA) is 50.2 Å². The molecule has 0 bridgehead atoms. The second-order valence-electron chi connectivity index (χ2n) is 8.03. The van der Waals surface area contributed by atoms with Gasteiger partial charge in [0.1, 0.15) is 5.82 Å². The first-order valence-electron chi connectivity index (χ1n) is 10.7. The Bertz CT molecular complexity index is 1240. The third kappa shape index (κ3) is 4.68. The Balaban J connectivity index is 1.63. The number of halogens is 3.